The Kier molecular flexibility index (Phi) is 6.26. The van der Waals surface area contributed by atoms with Gasteiger partial charge in [-0.2, -0.15) is 0 Å². The summed E-state index contributed by atoms with van der Waals surface area (Å²) in [5, 5.41) is 3.69. The molecule has 0 bridgehead atoms. The Morgan fingerprint density at radius 3 is 2.67 bits per heavy atom. The van der Waals surface area contributed by atoms with Crippen LogP contribution in [0.3, 0.4) is 0 Å². The fourth-order valence-corrected chi connectivity index (χ4v) is 2.58. The summed E-state index contributed by atoms with van der Waals surface area (Å²) >= 11 is 0. The molecular weight excluding hydrogens is 186 g/mol. The van der Waals surface area contributed by atoms with E-state index >= 15 is 0 Å². The minimum atomic E-state index is 0.430. The Bertz CT molecular complexity index is 161. The minimum Gasteiger partial charge on any atom is -0.380 e. The van der Waals surface area contributed by atoms with E-state index in [4.69, 9.17) is 4.74 Å². The molecule has 2 nitrogen and oxygen atoms in total. The van der Waals surface area contributed by atoms with Crippen molar-refractivity contribution in [2.45, 2.75) is 64.5 Å². The molecule has 1 saturated carbocycles. The second-order valence-corrected chi connectivity index (χ2v) is 4.87. The van der Waals surface area contributed by atoms with E-state index in [9.17, 15) is 0 Å². The van der Waals surface area contributed by atoms with Crippen LogP contribution in [0.2, 0.25) is 0 Å². The van der Waals surface area contributed by atoms with Gasteiger partial charge in [0.15, 0.2) is 0 Å². The highest BCUT2D eigenvalue weighted by Crippen LogP contribution is 2.25. The molecule has 0 aromatic heterocycles. The molecule has 0 saturated heterocycles. The lowest BCUT2D eigenvalue weighted by molar-refractivity contribution is 0.0499. The van der Waals surface area contributed by atoms with Crippen LogP contribution in [0.15, 0.2) is 0 Å². The molecule has 1 fully saturated rings. The predicted molar refractivity (Wildman–Crippen MR) is 65.1 cm³/mol. The van der Waals surface area contributed by atoms with Gasteiger partial charge >= 0.3 is 0 Å². The maximum absolute atomic E-state index is 5.62. The van der Waals surface area contributed by atoms with Crippen molar-refractivity contribution in [3.8, 4) is 0 Å². The number of ether oxygens (including phenoxy) is 1. The normalized spacial score (nSPS) is 32.6. The van der Waals surface area contributed by atoms with Gasteiger partial charge < -0.3 is 10.1 Å². The average Bonchev–Trinajstić information content (AvgIpc) is 2.42. The van der Waals surface area contributed by atoms with Gasteiger partial charge in [-0.25, -0.2) is 0 Å². The molecule has 15 heavy (non-hydrogen) atoms. The van der Waals surface area contributed by atoms with Gasteiger partial charge in [0.2, 0.25) is 0 Å². The Hall–Kier alpha value is -0.0800. The Morgan fingerprint density at radius 1 is 1.27 bits per heavy atom. The molecule has 1 rings (SSSR count). The third kappa shape index (κ3) is 4.12. The summed E-state index contributed by atoms with van der Waals surface area (Å²) in [6.45, 7) is 5.75. The first-order chi connectivity index (χ1) is 7.29. The molecule has 2 unspecified atom stereocenters. The molecule has 2 heteroatoms. The van der Waals surface area contributed by atoms with Gasteiger partial charge in [0.25, 0.3) is 0 Å². The summed E-state index contributed by atoms with van der Waals surface area (Å²) < 4.78 is 5.62. The molecule has 90 valence electrons. The monoisotopic (exact) mass is 213 g/mol. The average molecular weight is 213 g/mol. The summed E-state index contributed by atoms with van der Waals surface area (Å²) in [6.07, 6.45) is 8.25. The molecule has 1 aliphatic carbocycles. The number of methoxy groups -OCH3 is 1. The summed E-state index contributed by atoms with van der Waals surface area (Å²) in [5.41, 5.74) is 0. The van der Waals surface area contributed by atoms with Crippen LogP contribution in [0, 0.1) is 5.92 Å². The SMILES string of the molecule is CCCCNC1C(OC)CCCC[C@@H]1C. The summed E-state index contributed by atoms with van der Waals surface area (Å²) in [4.78, 5) is 0. The van der Waals surface area contributed by atoms with Gasteiger partial charge in [0.05, 0.1) is 6.10 Å². The van der Waals surface area contributed by atoms with Crippen molar-refractivity contribution >= 4 is 0 Å². The number of nitrogens with one attached hydrogen (secondary N) is 1. The number of hydrogen-bond acceptors (Lipinski definition) is 2. The first kappa shape index (κ1) is 13.0. The van der Waals surface area contributed by atoms with Crippen molar-refractivity contribution in [1.82, 2.24) is 5.32 Å². The summed E-state index contributed by atoms with van der Waals surface area (Å²) in [6, 6.07) is 0.573. The van der Waals surface area contributed by atoms with E-state index in [2.05, 4.69) is 19.2 Å². The van der Waals surface area contributed by atoms with Crippen LogP contribution in [-0.4, -0.2) is 25.8 Å². The van der Waals surface area contributed by atoms with Crippen molar-refractivity contribution in [1.29, 1.82) is 0 Å². The van der Waals surface area contributed by atoms with Crippen molar-refractivity contribution in [2.75, 3.05) is 13.7 Å². The highest BCUT2D eigenvalue weighted by atomic mass is 16.5. The van der Waals surface area contributed by atoms with Crippen LogP contribution in [0.25, 0.3) is 0 Å². The zero-order chi connectivity index (χ0) is 11.1. The Balaban J connectivity index is 2.44. The van der Waals surface area contributed by atoms with Crippen LogP contribution in [-0.2, 0) is 4.74 Å². The quantitative estimate of drug-likeness (QED) is 0.560. The van der Waals surface area contributed by atoms with Gasteiger partial charge in [-0.05, 0) is 31.7 Å². The topological polar surface area (TPSA) is 21.3 Å². The molecule has 0 aromatic carbocycles. The lowest BCUT2D eigenvalue weighted by Crippen LogP contribution is -2.45. The molecule has 3 atom stereocenters. The third-order valence-electron chi connectivity index (χ3n) is 3.62. The molecular formula is C13H27NO. The first-order valence-electron chi connectivity index (χ1n) is 6.55. The fourth-order valence-electron chi connectivity index (χ4n) is 2.58. The Morgan fingerprint density at radius 2 is 2.00 bits per heavy atom. The van der Waals surface area contributed by atoms with Crippen LogP contribution in [0.4, 0.5) is 0 Å². The van der Waals surface area contributed by atoms with Crippen LogP contribution >= 0.6 is 0 Å². The van der Waals surface area contributed by atoms with E-state index in [1.54, 1.807) is 0 Å². The van der Waals surface area contributed by atoms with E-state index in [-0.39, 0.29) is 0 Å². The zero-order valence-electron chi connectivity index (χ0n) is 10.6. The van der Waals surface area contributed by atoms with Crippen molar-refractivity contribution < 1.29 is 4.74 Å². The second kappa shape index (κ2) is 7.24. The number of hydrogen-bond donors (Lipinski definition) is 1. The smallest absolute Gasteiger partial charge is 0.0726 e. The van der Waals surface area contributed by atoms with Gasteiger partial charge in [-0.1, -0.05) is 33.1 Å². The molecule has 1 aliphatic rings. The van der Waals surface area contributed by atoms with Gasteiger partial charge in [-0.15, -0.1) is 0 Å². The summed E-state index contributed by atoms with van der Waals surface area (Å²) in [7, 11) is 1.86. The predicted octanol–water partition coefficient (Wildman–Crippen LogP) is 2.97. The fraction of sp³-hybridized carbons (Fsp3) is 1.00. The van der Waals surface area contributed by atoms with E-state index in [1.807, 2.05) is 7.11 Å². The van der Waals surface area contributed by atoms with E-state index < -0.39 is 0 Å². The molecule has 0 amide bonds. The maximum atomic E-state index is 5.62. The van der Waals surface area contributed by atoms with E-state index in [0.717, 1.165) is 12.5 Å². The molecule has 0 heterocycles. The molecule has 0 spiro atoms. The highest BCUT2D eigenvalue weighted by Gasteiger charge is 2.28. The van der Waals surface area contributed by atoms with Crippen LogP contribution in [0.5, 0.6) is 0 Å². The lowest BCUT2D eigenvalue weighted by Gasteiger charge is -2.29. The lowest BCUT2D eigenvalue weighted by atomic mass is 9.95. The van der Waals surface area contributed by atoms with Gasteiger partial charge in [-0.3, -0.25) is 0 Å². The van der Waals surface area contributed by atoms with Crippen LogP contribution < -0.4 is 5.32 Å². The number of rotatable bonds is 5. The third-order valence-corrected chi connectivity index (χ3v) is 3.62. The van der Waals surface area contributed by atoms with Crippen molar-refractivity contribution in [3.05, 3.63) is 0 Å². The summed E-state index contributed by atoms with van der Waals surface area (Å²) in [5.74, 6) is 0.759. The molecule has 0 aromatic rings. The van der Waals surface area contributed by atoms with Gasteiger partial charge in [0.1, 0.15) is 0 Å². The molecule has 1 N–H and O–H groups in total. The first-order valence-corrected chi connectivity index (χ1v) is 6.55. The van der Waals surface area contributed by atoms with Crippen molar-refractivity contribution in [2.24, 2.45) is 5.92 Å². The second-order valence-electron chi connectivity index (χ2n) is 4.87. The molecule has 0 aliphatic heterocycles. The van der Waals surface area contributed by atoms with Crippen molar-refractivity contribution in [3.63, 3.8) is 0 Å². The van der Waals surface area contributed by atoms with Gasteiger partial charge in [0, 0.05) is 13.2 Å². The molecule has 0 radical (unpaired) electrons. The van der Waals surface area contributed by atoms with E-state index in [1.165, 1.54) is 38.5 Å². The number of unbranched alkanes of at least 4 members (excludes halogenated alkanes) is 1. The highest BCUT2D eigenvalue weighted by molar-refractivity contribution is 4.84. The minimum absolute atomic E-state index is 0.430. The van der Waals surface area contributed by atoms with Crippen LogP contribution in [0.1, 0.15) is 52.4 Å². The maximum Gasteiger partial charge on any atom is 0.0726 e. The zero-order valence-corrected chi connectivity index (χ0v) is 10.6. The van der Waals surface area contributed by atoms with E-state index in [0.29, 0.717) is 12.1 Å². The Labute approximate surface area is 94.8 Å². The largest absolute Gasteiger partial charge is 0.380 e. The standard InChI is InChI=1S/C13H27NO/c1-4-5-10-14-13-11(2)8-6-7-9-12(13)15-3/h11-14H,4-10H2,1-3H3/t11-,12?,13?/m0/s1.